The molecule has 0 spiro atoms. The standard InChI is InChI=1S/C25H35NO3/c1-4-5-6-7-8-9-10-11-19-29-23-17-15-21(16-18-23)25(26-28-3)22-13-12-14-24(20-22)27-2/h12-18,20H,4-11,19H2,1-3H3/b26-25-. The zero-order chi connectivity index (χ0) is 20.7. The highest BCUT2D eigenvalue weighted by atomic mass is 16.6. The molecule has 0 N–H and O–H groups in total. The van der Waals surface area contributed by atoms with E-state index in [2.05, 4.69) is 12.1 Å². The van der Waals surface area contributed by atoms with Crippen molar-refractivity contribution < 1.29 is 14.3 Å². The van der Waals surface area contributed by atoms with E-state index in [1.165, 1.54) is 44.9 Å². The molecular weight excluding hydrogens is 362 g/mol. The second kappa shape index (κ2) is 13.6. The van der Waals surface area contributed by atoms with E-state index in [1.54, 1.807) is 14.2 Å². The molecule has 2 aromatic rings. The van der Waals surface area contributed by atoms with Crippen molar-refractivity contribution in [2.45, 2.75) is 58.3 Å². The first-order valence-electron chi connectivity index (χ1n) is 10.8. The van der Waals surface area contributed by atoms with Gasteiger partial charge in [0.1, 0.15) is 24.3 Å². The summed E-state index contributed by atoms with van der Waals surface area (Å²) in [5.41, 5.74) is 2.68. The molecule has 2 aromatic carbocycles. The molecule has 0 radical (unpaired) electrons. The molecule has 0 aromatic heterocycles. The van der Waals surface area contributed by atoms with Crippen LogP contribution in [0.25, 0.3) is 0 Å². The number of methoxy groups -OCH3 is 1. The van der Waals surface area contributed by atoms with Crippen LogP contribution in [0.4, 0.5) is 0 Å². The van der Waals surface area contributed by atoms with Crippen LogP contribution in [-0.4, -0.2) is 26.5 Å². The molecule has 0 saturated heterocycles. The van der Waals surface area contributed by atoms with Gasteiger partial charge < -0.3 is 14.3 Å². The van der Waals surface area contributed by atoms with Crippen molar-refractivity contribution in [3.8, 4) is 11.5 Å². The van der Waals surface area contributed by atoms with Gasteiger partial charge in [0.15, 0.2) is 0 Å². The van der Waals surface area contributed by atoms with Gasteiger partial charge in [0.2, 0.25) is 0 Å². The minimum atomic E-state index is 0.765. The first-order chi connectivity index (χ1) is 14.3. The second-order valence-corrected chi connectivity index (χ2v) is 7.20. The third-order valence-corrected chi connectivity index (χ3v) is 4.92. The fourth-order valence-corrected chi connectivity index (χ4v) is 3.27. The largest absolute Gasteiger partial charge is 0.497 e. The highest BCUT2D eigenvalue weighted by Gasteiger charge is 2.09. The number of hydrogen-bond donors (Lipinski definition) is 0. The van der Waals surface area contributed by atoms with Crippen LogP contribution < -0.4 is 9.47 Å². The molecule has 158 valence electrons. The number of ether oxygens (including phenoxy) is 2. The first kappa shape index (κ1) is 22.8. The predicted octanol–water partition coefficient (Wildman–Crippen LogP) is 6.61. The third kappa shape index (κ3) is 8.18. The lowest BCUT2D eigenvalue weighted by Gasteiger charge is -2.10. The maximum absolute atomic E-state index is 5.90. The lowest BCUT2D eigenvalue weighted by molar-refractivity contribution is 0.214. The number of unbranched alkanes of at least 4 members (excludes halogenated alkanes) is 7. The Bertz CT molecular complexity index is 725. The van der Waals surface area contributed by atoms with E-state index in [4.69, 9.17) is 14.3 Å². The van der Waals surface area contributed by atoms with Crippen LogP contribution in [0.1, 0.15) is 69.4 Å². The molecule has 0 amide bonds. The maximum Gasteiger partial charge on any atom is 0.119 e. The summed E-state index contributed by atoms with van der Waals surface area (Å²) in [5.74, 6) is 1.68. The Labute approximate surface area is 175 Å². The SMILES string of the molecule is CCCCCCCCCCOc1ccc(/C(=N/OC)c2cccc(OC)c2)cc1. The number of rotatable bonds is 14. The summed E-state index contributed by atoms with van der Waals surface area (Å²) in [4.78, 5) is 5.07. The van der Waals surface area contributed by atoms with Crippen LogP contribution in [-0.2, 0) is 4.84 Å². The number of oxime groups is 1. The van der Waals surface area contributed by atoms with Crippen molar-refractivity contribution in [2.75, 3.05) is 20.8 Å². The topological polar surface area (TPSA) is 40.0 Å². The van der Waals surface area contributed by atoms with Crippen LogP contribution in [0, 0.1) is 0 Å². The van der Waals surface area contributed by atoms with E-state index >= 15 is 0 Å². The summed E-state index contributed by atoms with van der Waals surface area (Å²) in [6, 6.07) is 15.8. The first-order valence-corrected chi connectivity index (χ1v) is 10.8. The van der Waals surface area contributed by atoms with Crippen molar-refractivity contribution in [3.05, 3.63) is 59.7 Å². The highest BCUT2D eigenvalue weighted by molar-refractivity contribution is 6.12. The Morgan fingerprint density at radius 2 is 1.45 bits per heavy atom. The molecular formula is C25H35NO3. The zero-order valence-electron chi connectivity index (χ0n) is 18.2. The highest BCUT2D eigenvalue weighted by Crippen LogP contribution is 2.20. The van der Waals surface area contributed by atoms with Gasteiger partial charge in [0, 0.05) is 11.1 Å². The third-order valence-electron chi connectivity index (χ3n) is 4.92. The fourth-order valence-electron chi connectivity index (χ4n) is 3.27. The van der Waals surface area contributed by atoms with Gasteiger partial charge in [-0.3, -0.25) is 0 Å². The van der Waals surface area contributed by atoms with E-state index in [9.17, 15) is 0 Å². The van der Waals surface area contributed by atoms with E-state index in [1.807, 2.05) is 48.5 Å². The molecule has 0 unspecified atom stereocenters. The second-order valence-electron chi connectivity index (χ2n) is 7.20. The molecule has 4 heteroatoms. The lowest BCUT2D eigenvalue weighted by atomic mass is 10.0. The normalized spacial score (nSPS) is 11.3. The molecule has 0 aliphatic rings. The summed E-state index contributed by atoms with van der Waals surface area (Å²) >= 11 is 0. The van der Waals surface area contributed by atoms with Gasteiger partial charge in [0.25, 0.3) is 0 Å². The van der Waals surface area contributed by atoms with Gasteiger partial charge in [-0.05, 0) is 42.8 Å². The van der Waals surface area contributed by atoms with Gasteiger partial charge >= 0.3 is 0 Å². The van der Waals surface area contributed by atoms with Crippen molar-refractivity contribution >= 4 is 5.71 Å². The van der Waals surface area contributed by atoms with E-state index in [0.29, 0.717) is 0 Å². The van der Waals surface area contributed by atoms with E-state index in [0.717, 1.165) is 41.4 Å². The van der Waals surface area contributed by atoms with Crippen LogP contribution >= 0.6 is 0 Å². The van der Waals surface area contributed by atoms with E-state index < -0.39 is 0 Å². The Kier molecular flexibility index (Phi) is 10.7. The fraction of sp³-hybridized carbons (Fsp3) is 0.480. The van der Waals surface area contributed by atoms with Crippen LogP contribution in [0.5, 0.6) is 11.5 Å². The molecule has 0 heterocycles. The monoisotopic (exact) mass is 397 g/mol. The molecule has 0 saturated carbocycles. The molecule has 29 heavy (non-hydrogen) atoms. The van der Waals surface area contributed by atoms with Crippen molar-refractivity contribution in [1.29, 1.82) is 0 Å². The van der Waals surface area contributed by atoms with Gasteiger partial charge in [-0.2, -0.15) is 0 Å². The smallest absolute Gasteiger partial charge is 0.119 e. The minimum Gasteiger partial charge on any atom is -0.497 e. The van der Waals surface area contributed by atoms with Gasteiger partial charge in [-0.25, -0.2) is 0 Å². The predicted molar refractivity (Wildman–Crippen MR) is 120 cm³/mol. The quantitative estimate of drug-likeness (QED) is 0.204. The van der Waals surface area contributed by atoms with Gasteiger partial charge in [0.05, 0.1) is 13.7 Å². The van der Waals surface area contributed by atoms with Crippen LogP contribution in [0.2, 0.25) is 0 Å². The minimum absolute atomic E-state index is 0.765. The van der Waals surface area contributed by atoms with Crippen LogP contribution in [0.3, 0.4) is 0 Å². The Morgan fingerprint density at radius 3 is 2.10 bits per heavy atom. The molecule has 0 bridgehead atoms. The number of hydrogen-bond acceptors (Lipinski definition) is 4. The Hall–Kier alpha value is -2.49. The van der Waals surface area contributed by atoms with E-state index in [-0.39, 0.29) is 0 Å². The summed E-state index contributed by atoms with van der Waals surface area (Å²) in [6.45, 7) is 3.02. The molecule has 2 rings (SSSR count). The number of benzene rings is 2. The molecule has 0 atom stereocenters. The summed E-state index contributed by atoms with van der Waals surface area (Å²) < 4.78 is 11.2. The molecule has 0 aliphatic carbocycles. The van der Waals surface area contributed by atoms with Crippen molar-refractivity contribution in [2.24, 2.45) is 5.16 Å². The molecule has 0 aliphatic heterocycles. The summed E-state index contributed by atoms with van der Waals surface area (Å²) in [6.07, 6.45) is 10.4. The molecule has 4 nitrogen and oxygen atoms in total. The van der Waals surface area contributed by atoms with Crippen molar-refractivity contribution in [1.82, 2.24) is 0 Å². The molecule has 0 fully saturated rings. The Balaban J connectivity index is 1.82. The van der Waals surface area contributed by atoms with Gasteiger partial charge in [-0.1, -0.05) is 69.2 Å². The number of nitrogens with zero attached hydrogens (tertiary/aromatic N) is 1. The lowest BCUT2D eigenvalue weighted by Crippen LogP contribution is -2.05. The summed E-state index contributed by atoms with van der Waals surface area (Å²) in [7, 11) is 3.21. The van der Waals surface area contributed by atoms with Crippen molar-refractivity contribution in [3.63, 3.8) is 0 Å². The summed E-state index contributed by atoms with van der Waals surface area (Å²) in [5, 5.41) is 4.21. The average molecular weight is 398 g/mol. The zero-order valence-corrected chi connectivity index (χ0v) is 18.2. The maximum atomic E-state index is 5.90. The van der Waals surface area contributed by atoms with Crippen LogP contribution in [0.15, 0.2) is 53.7 Å². The van der Waals surface area contributed by atoms with Gasteiger partial charge in [-0.15, -0.1) is 0 Å². The average Bonchev–Trinajstić information content (AvgIpc) is 2.77. The Morgan fingerprint density at radius 1 is 0.759 bits per heavy atom.